The van der Waals surface area contributed by atoms with Gasteiger partial charge in [0.2, 0.25) is 0 Å². The van der Waals surface area contributed by atoms with Gasteiger partial charge in [-0.05, 0) is 42.5 Å². The maximum Gasteiger partial charge on any atom is 0.313 e. The van der Waals surface area contributed by atoms with Crippen molar-refractivity contribution < 1.29 is 23.8 Å². The standard InChI is InChI=1S/C22H24N2O6S2/c1-4-30-19(26)12-15(25)13-32-22-23-16-8-10-31-20(16)21(27)24(22)9-7-14-5-6-17(28-2)18(11-14)29-3/h5-6,8,10-11H,4,7,9,12-13H2,1-3H3. The molecule has 0 radical (unpaired) electrons. The smallest absolute Gasteiger partial charge is 0.313 e. The normalized spacial score (nSPS) is 10.8. The summed E-state index contributed by atoms with van der Waals surface area (Å²) in [5.74, 6) is 0.441. The Balaban J connectivity index is 1.81. The molecule has 32 heavy (non-hydrogen) atoms. The third kappa shape index (κ3) is 5.68. The third-order valence-corrected chi connectivity index (χ3v) is 6.54. The summed E-state index contributed by atoms with van der Waals surface area (Å²) in [6.45, 7) is 2.29. The van der Waals surface area contributed by atoms with Gasteiger partial charge in [-0.15, -0.1) is 11.3 Å². The first-order valence-electron chi connectivity index (χ1n) is 9.95. The van der Waals surface area contributed by atoms with Crippen molar-refractivity contribution in [3.63, 3.8) is 0 Å². The summed E-state index contributed by atoms with van der Waals surface area (Å²) in [7, 11) is 3.15. The highest BCUT2D eigenvalue weighted by molar-refractivity contribution is 7.99. The van der Waals surface area contributed by atoms with E-state index in [1.54, 1.807) is 31.8 Å². The van der Waals surface area contributed by atoms with Crippen molar-refractivity contribution in [1.29, 1.82) is 0 Å². The summed E-state index contributed by atoms with van der Waals surface area (Å²) < 4.78 is 17.6. The molecule has 0 fully saturated rings. The van der Waals surface area contributed by atoms with E-state index in [2.05, 4.69) is 4.98 Å². The molecule has 3 aromatic rings. The molecule has 0 saturated heterocycles. The first-order chi connectivity index (χ1) is 15.5. The molecule has 0 unspecified atom stereocenters. The first-order valence-corrected chi connectivity index (χ1v) is 11.8. The molecule has 8 nitrogen and oxygen atoms in total. The van der Waals surface area contributed by atoms with E-state index >= 15 is 0 Å². The fourth-order valence-electron chi connectivity index (χ4n) is 3.08. The zero-order valence-corrected chi connectivity index (χ0v) is 19.7. The molecule has 0 amide bonds. The van der Waals surface area contributed by atoms with E-state index in [4.69, 9.17) is 14.2 Å². The molecule has 0 atom stereocenters. The Morgan fingerprint density at radius 2 is 1.94 bits per heavy atom. The molecule has 0 aliphatic heterocycles. The summed E-state index contributed by atoms with van der Waals surface area (Å²) in [5, 5.41) is 2.26. The highest BCUT2D eigenvalue weighted by Crippen LogP contribution is 2.28. The van der Waals surface area contributed by atoms with Crippen LogP contribution in [0.4, 0.5) is 0 Å². The molecule has 2 heterocycles. The molecule has 3 rings (SSSR count). The van der Waals surface area contributed by atoms with Crippen molar-refractivity contribution in [3.05, 3.63) is 45.6 Å². The molecule has 1 aromatic carbocycles. The van der Waals surface area contributed by atoms with Crippen molar-refractivity contribution in [2.24, 2.45) is 0 Å². The summed E-state index contributed by atoms with van der Waals surface area (Å²) in [6, 6.07) is 7.39. The lowest BCUT2D eigenvalue weighted by Gasteiger charge is -2.13. The molecule has 0 aliphatic carbocycles. The number of aromatic nitrogens is 2. The Hall–Kier alpha value is -2.85. The molecule has 2 aromatic heterocycles. The number of ketones is 1. The molecule has 10 heteroatoms. The van der Waals surface area contributed by atoms with E-state index in [1.165, 1.54) is 11.3 Å². The average molecular weight is 477 g/mol. The first kappa shape index (κ1) is 23.8. The number of carbonyl (C=O) groups excluding carboxylic acids is 2. The fourth-order valence-corrected chi connectivity index (χ4v) is 4.74. The molecule has 170 valence electrons. The van der Waals surface area contributed by atoms with Gasteiger partial charge in [0.15, 0.2) is 22.4 Å². The Morgan fingerprint density at radius 1 is 1.16 bits per heavy atom. The molecule has 0 bridgehead atoms. The van der Waals surface area contributed by atoms with Crippen LogP contribution in [-0.4, -0.2) is 47.9 Å². The van der Waals surface area contributed by atoms with Gasteiger partial charge in [0, 0.05) is 6.54 Å². The molecular weight excluding hydrogens is 452 g/mol. The van der Waals surface area contributed by atoms with Crippen LogP contribution in [0.15, 0.2) is 39.6 Å². The van der Waals surface area contributed by atoms with E-state index in [0.29, 0.717) is 39.8 Å². The summed E-state index contributed by atoms with van der Waals surface area (Å²) in [5.41, 5.74) is 1.42. The Labute approximate surface area is 193 Å². The number of nitrogens with zero attached hydrogens (tertiary/aromatic N) is 2. The van der Waals surface area contributed by atoms with E-state index in [-0.39, 0.29) is 30.1 Å². The monoisotopic (exact) mass is 476 g/mol. The second-order valence-corrected chi connectivity index (χ2v) is 8.59. The van der Waals surface area contributed by atoms with Crippen molar-refractivity contribution >= 4 is 45.1 Å². The van der Waals surface area contributed by atoms with Crippen LogP contribution in [0.2, 0.25) is 0 Å². The van der Waals surface area contributed by atoms with Crippen LogP contribution in [0.25, 0.3) is 10.2 Å². The highest BCUT2D eigenvalue weighted by Gasteiger charge is 2.16. The maximum atomic E-state index is 13.1. The minimum absolute atomic E-state index is 0.0251. The maximum absolute atomic E-state index is 13.1. The fraction of sp³-hybridized carbons (Fsp3) is 0.364. The van der Waals surface area contributed by atoms with E-state index in [1.807, 2.05) is 23.6 Å². The van der Waals surface area contributed by atoms with Crippen LogP contribution in [0.1, 0.15) is 18.9 Å². The number of carbonyl (C=O) groups is 2. The van der Waals surface area contributed by atoms with Gasteiger partial charge < -0.3 is 14.2 Å². The Morgan fingerprint density at radius 3 is 2.66 bits per heavy atom. The number of hydrogen-bond donors (Lipinski definition) is 0. The second kappa shape index (κ2) is 11.1. The highest BCUT2D eigenvalue weighted by atomic mass is 32.2. The number of rotatable bonds is 11. The largest absolute Gasteiger partial charge is 0.493 e. The zero-order chi connectivity index (χ0) is 23.1. The minimum atomic E-state index is -0.551. The molecule has 0 N–H and O–H groups in total. The van der Waals surface area contributed by atoms with Gasteiger partial charge >= 0.3 is 5.97 Å². The Bertz CT molecular complexity index is 1170. The number of hydrogen-bond acceptors (Lipinski definition) is 9. The van der Waals surface area contributed by atoms with Crippen LogP contribution >= 0.6 is 23.1 Å². The Kier molecular flexibility index (Phi) is 8.29. The van der Waals surface area contributed by atoms with Gasteiger partial charge in [0.1, 0.15) is 11.1 Å². The summed E-state index contributed by atoms with van der Waals surface area (Å²) in [4.78, 5) is 41.4. The predicted molar refractivity (Wildman–Crippen MR) is 124 cm³/mol. The average Bonchev–Trinajstić information content (AvgIpc) is 3.26. The number of ether oxygens (including phenoxy) is 3. The van der Waals surface area contributed by atoms with Crippen LogP contribution in [0, 0.1) is 0 Å². The van der Waals surface area contributed by atoms with Crippen molar-refractivity contribution in [2.45, 2.75) is 31.5 Å². The lowest BCUT2D eigenvalue weighted by Crippen LogP contribution is -2.24. The van der Waals surface area contributed by atoms with Crippen molar-refractivity contribution in [1.82, 2.24) is 9.55 Å². The molecule has 0 saturated carbocycles. The van der Waals surface area contributed by atoms with Gasteiger partial charge in [0.25, 0.3) is 5.56 Å². The SMILES string of the molecule is CCOC(=O)CC(=O)CSc1nc2ccsc2c(=O)n1CCc1ccc(OC)c(OC)c1. The lowest BCUT2D eigenvalue weighted by molar-refractivity contribution is -0.145. The number of methoxy groups -OCH3 is 2. The number of thiophene rings is 1. The van der Waals surface area contributed by atoms with E-state index in [0.717, 1.165) is 17.3 Å². The van der Waals surface area contributed by atoms with Gasteiger partial charge in [-0.1, -0.05) is 17.8 Å². The lowest BCUT2D eigenvalue weighted by atomic mass is 10.1. The zero-order valence-electron chi connectivity index (χ0n) is 18.1. The molecule has 0 spiro atoms. The van der Waals surface area contributed by atoms with E-state index in [9.17, 15) is 14.4 Å². The molecule has 0 aliphatic rings. The number of fused-ring (bicyclic) bond motifs is 1. The summed E-state index contributed by atoms with van der Waals surface area (Å²) >= 11 is 2.49. The van der Waals surface area contributed by atoms with Gasteiger partial charge in [0.05, 0.1) is 32.1 Å². The topological polar surface area (TPSA) is 96.7 Å². The van der Waals surface area contributed by atoms with Gasteiger partial charge in [-0.25, -0.2) is 4.98 Å². The molecular formula is C22H24N2O6S2. The number of Topliss-reactive ketones (excluding diaryl/α,β-unsaturated/α-hetero) is 1. The van der Waals surface area contributed by atoms with E-state index < -0.39 is 5.97 Å². The number of esters is 1. The quantitative estimate of drug-likeness (QED) is 0.180. The second-order valence-electron chi connectivity index (χ2n) is 6.73. The number of thioether (sulfide) groups is 1. The van der Waals surface area contributed by atoms with Crippen LogP contribution in [-0.2, 0) is 27.3 Å². The van der Waals surface area contributed by atoms with Crippen LogP contribution in [0.5, 0.6) is 11.5 Å². The summed E-state index contributed by atoms with van der Waals surface area (Å²) in [6.07, 6.45) is 0.264. The van der Waals surface area contributed by atoms with Crippen molar-refractivity contribution in [2.75, 3.05) is 26.6 Å². The van der Waals surface area contributed by atoms with Gasteiger partial charge in [-0.3, -0.25) is 19.0 Å². The number of aryl methyl sites for hydroxylation is 1. The van der Waals surface area contributed by atoms with Gasteiger partial charge in [-0.2, -0.15) is 0 Å². The third-order valence-electron chi connectivity index (χ3n) is 4.61. The predicted octanol–water partition coefficient (Wildman–Crippen LogP) is 3.33. The minimum Gasteiger partial charge on any atom is -0.493 e. The number of benzene rings is 1. The van der Waals surface area contributed by atoms with Crippen molar-refractivity contribution in [3.8, 4) is 11.5 Å². The van der Waals surface area contributed by atoms with Crippen LogP contribution < -0.4 is 15.0 Å². The van der Waals surface area contributed by atoms with Crippen LogP contribution in [0.3, 0.4) is 0 Å².